The van der Waals surface area contributed by atoms with Gasteiger partial charge in [0.05, 0.1) is 5.92 Å². The first-order valence-electron chi connectivity index (χ1n) is 7.40. The minimum absolute atomic E-state index is 0. The van der Waals surface area contributed by atoms with E-state index in [4.69, 9.17) is 0 Å². The lowest BCUT2D eigenvalue weighted by Gasteiger charge is -2.29. The molecule has 4 nitrogen and oxygen atoms in total. The van der Waals surface area contributed by atoms with E-state index >= 15 is 0 Å². The SMILES string of the molecule is CN(CCN(C)c1ccccc1)C(=O)C1CCCNC1.Cl.Cl. The summed E-state index contributed by atoms with van der Waals surface area (Å²) in [6.45, 7) is 3.50. The zero-order valence-electron chi connectivity index (χ0n) is 13.3. The highest BCUT2D eigenvalue weighted by molar-refractivity contribution is 5.85. The van der Waals surface area contributed by atoms with E-state index in [-0.39, 0.29) is 36.6 Å². The van der Waals surface area contributed by atoms with Crippen molar-refractivity contribution in [3.63, 3.8) is 0 Å². The number of para-hydroxylation sites is 1. The molecule has 0 radical (unpaired) electrons. The topological polar surface area (TPSA) is 35.6 Å². The Balaban J connectivity index is 0.00000220. The lowest BCUT2D eigenvalue weighted by atomic mass is 9.98. The lowest BCUT2D eigenvalue weighted by Crippen LogP contribution is -2.43. The Bertz CT molecular complexity index is 425. The van der Waals surface area contributed by atoms with Gasteiger partial charge in [-0.25, -0.2) is 0 Å². The van der Waals surface area contributed by atoms with Gasteiger partial charge in [-0.3, -0.25) is 4.79 Å². The number of nitrogens with one attached hydrogen (secondary N) is 1. The number of likely N-dealkylation sites (N-methyl/N-ethyl adjacent to an activating group) is 2. The van der Waals surface area contributed by atoms with E-state index in [0.29, 0.717) is 0 Å². The molecule has 1 heterocycles. The molecule has 1 fully saturated rings. The Morgan fingerprint density at radius 3 is 2.45 bits per heavy atom. The van der Waals surface area contributed by atoms with E-state index in [1.54, 1.807) is 0 Å². The maximum absolute atomic E-state index is 12.3. The van der Waals surface area contributed by atoms with Crippen molar-refractivity contribution in [1.82, 2.24) is 10.2 Å². The summed E-state index contributed by atoms with van der Waals surface area (Å²) in [6.07, 6.45) is 2.12. The molecule has 2 rings (SSSR count). The molecule has 126 valence electrons. The van der Waals surface area contributed by atoms with Crippen LogP contribution in [-0.4, -0.2) is 51.1 Å². The van der Waals surface area contributed by atoms with Crippen LogP contribution in [0.2, 0.25) is 0 Å². The van der Waals surface area contributed by atoms with Crippen LogP contribution in [0, 0.1) is 5.92 Å². The Morgan fingerprint density at radius 1 is 1.18 bits per heavy atom. The summed E-state index contributed by atoms with van der Waals surface area (Å²) in [5, 5.41) is 3.30. The molecule has 1 aromatic carbocycles. The molecule has 22 heavy (non-hydrogen) atoms. The molecule has 0 bridgehead atoms. The number of hydrogen-bond acceptors (Lipinski definition) is 3. The van der Waals surface area contributed by atoms with Crippen molar-refractivity contribution >= 4 is 36.4 Å². The summed E-state index contributed by atoms with van der Waals surface area (Å²) < 4.78 is 0. The van der Waals surface area contributed by atoms with Gasteiger partial charge in [-0.2, -0.15) is 0 Å². The fourth-order valence-electron chi connectivity index (χ4n) is 2.60. The third-order valence-corrected chi connectivity index (χ3v) is 3.99. The largest absolute Gasteiger partial charge is 0.373 e. The van der Waals surface area contributed by atoms with Crippen LogP contribution < -0.4 is 10.2 Å². The van der Waals surface area contributed by atoms with E-state index in [1.165, 1.54) is 5.69 Å². The van der Waals surface area contributed by atoms with Gasteiger partial charge >= 0.3 is 0 Å². The lowest BCUT2D eigenvalue weighted by molar-refractivity contribution is -0.134. The van der Waals surface area contributed by atoms with Gasteiger partial charge in [0, 0.05) is 39.4 Å². The molecule has 1 saturated heterocycles. The predicted octanol–water partition coefficient (Wildman–Crippen LogP) is 2.42. The fourth-order valence-corrected chi connectivity index (χ4v) is 2.60. The third-order valence-electron chi connectivity index (χ3n) is 3.99. The minimum atomic E-state index is 0. The highest BCUT2D eigenvalue weighted by Gasteiger charge is 2.23. The summed E-state index contributed by atoms with van der Waals surface area (Å²) in [5.41, 5.74) is 1.19. The molecule has 0 saturated carbocycles. The van der Waals surface area contributed by atoms with E-state index in [9.17, 15) is 4.79 Å². The van der Waals surface area contributed by atoms with Crippen LogP contribution in [-0.2, 0) is 4.79 Å². The second kappa shape index (κ2) is 10.7. The molecule has 1 aromatic rings. The van der Waals surface area contributed by atoms with E-state index in [0.717, 1.165) is 39.0 Å². The highest BCUT2D eigenvalue weighted by atomic mass is 35.5. The fraction of sp³-hybridized carbons (Fsp3) is 0.562. The molecule has 1 unspecified atom stereocenters. The molecule has 1 aliphatic rings. The van der Waals surface area contributed by atoms with E-state index < -0.39 is 0 Å². The molecule has 1 aliphatic heterocycles. The van der Waals surface area contributed by atoms with Gasteiger partial charge in [-0.05, 0) is 31.5 Å². The normalized spacial score (nSPS) is 16.9. The highest BCUT2D eigenvalue weighted by Crippen LogP contribution is 2.14. The number of nitrogens with zero attached hydrogens (tertiary/aromatic N) is 2. The van der Waals surface area contributed by atoms with Crippen molar-refractivity contribution in [1.29, 1.82) is 0 Å². The van der Waals surface area contributed by atoms with Crippen molar-refractivity contribution in [2.45, 2.75) is 12.8 Å². The standard InChI is InChI=1S/C16H25N3O.2ClH/c1-18(15-8-4-3-5-9-15)11-12-19(2)16(20)14-7-6-10-17-13-14;;/h3-5,8-9,14,17H,6-7,10-13H2,1-2H3;2*1H. The van der Waals surface area contributed by atoms with Crippen LogP contribution in [0.1, 0.15) is 12.8 Å². The number of carbonyl (C=O) groups excluding carboxylic acids is 1. The quantitative estimate of drug-likeness (QED) is 0.888. The average Bonchev–Trinajstić information content (AvgIpc) is 2.53. The van der Waals surface area contributed by atoms with Gasteiger partial charge in [0.15, 0.2) is 0 Å². The third kappa shape index (κ3) is 6.03. The van der Waals surface area contributed by atoms with Crippen molar-refractivity contribution in [3.8, 4) is 0 Å². The van der Waals surface area contributed by atoms with Crippen molar-refractivity contribution in [2.75, 3.05) is 45.2 Å². The number of piperidine rings is 1. The second-order valence-corrected chi connectivity index (χ2v) is 5.56. The summed E-state index contributed by atoms with van der Waals surface area (Å²) >= 11 is 0. The van der Waals surface area contributed by atoms with Gasteiger partial charge in [-0.1, -0.05) is 18.2 Å². The second-order valence-electron chi connectivity index (χ2n) is 5.56. The summed E-state index contributed by atoms with van der Waals surface area (Å²) in [5.74, 6) is 0.439. The first-order chi connectivity index (χ1) is 9.68. The maximum Gasteiger partial charge on any atom is 0.226 e. The molecule has 0 aliphatic carbocycles. The molecule has 0 spiro atoms. The Kier molecular flexibility index (Phi) is 10.2. The summed E-state index contributed by atoms with van der Waals surface area (Å²) in [6, 6.07) is 10.3. The van der Waals surface area contributed by atoms with Gasteiger partial charge < -0.3 is 15.1 Å². The minimum Gasteiger partial charge on any atom is -0.373 e. The maximum atomic E-state index is 12.3. The number of hydrogen-bond donors (Lipinski definition) is 1. The molecule has 6 heteroatoms. The Labute approximate surface area is 146 Å². The van der Waals surface area contributed by atoms with E-state index in [1.807, 2.05) is 30.1 Å². The molecule has 1 N–H and O–H groups in total. The van der Waals surface area contributed by atoms with E-state index in [2.05, 4.69) is 29.4 Å². The summed E-state index contributed by atoms with van der Waals surface area (Å²) in [4.78, 5) is 16.4. The number of benzene rings is 1. The first-order valence-corrected chi connectivity index (χ1v) is 7.40. The smallest absolute Gasteiger partial charge is 0.226 e. The Morgan fingerprint density at radius 2 is 1.86 bits per heavy atom. The predicted molar refractivity (Wildman–Crippen MR) is 97.4 cm³/mol. The van der Waals surface area contributed by atoms with Crippen molar-refractivity contribution < 1.29 is 4.79 Å². The van der Waals surface area contributed by atoms with Crippen LogP contribution in [0.25, 0.3) is 0 Å². The number of carbonyl (C=O) groups is 1. The van der Waals surface area contributed by atoms with Crippen LogP contribution in [0.4, 0.5) is 5.69 Å². The Hall–Kier alpha value is -0.970. The van der Waals surface area contributed by atoms with Crippen LogP contribution in [0.5, 0.6) is 0 Å². The monoisotopic (exact) mass is 347 g/mol. The van der Waals surface area contributed by atoms with Gasteiger partial charge in [0.25, 0.3) is 0 Å². The van der Waals surface area contributed by atoms with Crippen LogP contribution in [0.15, 0.2) is 30.3 Å². The van der Waals surface area contributed by atoms with Crippen LogP contribution >= 0.6 is 24.8 Å². The van der Waals surface area contributed by atoms with Gasteiger partial charge in [0.2, 0.25) is 5.91 Å². The number of anilines is 1. The average molecular weight is 348 g/mol. The zero-order chi connectivity index (χ0) is 14.4. The first kappa shape index (κ1) is 21.0. The van der Waals surface area contributed by atoms with Crippen LogP contribution in [0.3, 0.4) is 0 Å². The molecule has 1 amide bonds. The molecule has 0 aromatic heterocycles. The number of halogens is 2. The molecular formula is C16H27Cl2N3O. The van der Waals surface area contributed by atoms with Crippen molar-refractivity contribution in [2.24, 2.45) is 5.92 Å². The van der Waals surface area contributed by atoms with Crippen molar-refractivity contribution in [3.05, 3.63) is 30.3 Å². The number of rotatable bonds is 5. The number of amides is 1. The molecular weight excluding hydrogens is 321 g/mol. The molecule has 1 atom stereocenters. The zero-order valence-corrected chi connectivity index (χ0v) is 15.0. The van der Waals surface area contributed by atoms with Gasteiger partial charge in [-0.15, -0.1) is 24.8 Å². The van der Waals surface area contributed by atoms with Gasteiger partial charge in [0.1, 0.15) is 0 Å². The summed E-state index contributed by atoms with van der Waals surface area (Å²) in [7, 11) is 3.98.